The number of methoxy groups -OCH3 is 1. The molecule has 1 unspecified atom stereocenters. The zero-order valence-corrected chi connectivity index (χ0v) is 11.8. The van der Waals surface area contributed by atoms with E-state index in [1.807, 2.05) is 12.1 Å². The Bertz CT molecular complexity index is 499. The van der Waals surface area contributed by atoms with Gasteiger partial charge in [0.2, 0.25) is 5.96 Å². The van der Waals surface area contributed by atoms with E-state index in [1.165, 1.54) is 7.11 Å². The van der Waals surface area contributed by atoms with Crippen LogP contribution in [0.2, 0.25) is 10.0 Å². The number of hydrogen-bond acceptors (Lipinski definition) is 4. The predicted octanol–water partition coefficient (Wildman–Crippen LogP) is 2.39. The highest BCUT2D eigenvalue weighted by molar-refractivity contribution is 6.34. The number of alkyl carbamates (subject to hydrolysis) is 1. The van der Waals surface area contributed by atoms with Gasteiger partial charge in [0.1, 0.15) is 0 Å². The SMILES string of the molecule is COC(=O)NC1=NCC(c2cc(Cl)cc(Cl)c2)CN1. The Balaban J connectivity index is 2.04. The van der Waals surface area contributed by atoms with Crippen LogP contribution >= 0.6 is 23.2 Å². The molecule has 1 aromatic carbocycles. The van der Waals surface area contributed by atoms with E-state index in [0.29, 0.717) is 29.1 Å². The summed E-state index contributed by atoms with van der Waals surface area (Å²) in [4.78, 5) is 15.3. The fourth-order valence-corrected chi connectivity index (χ4v) is 2.35. The third-order valence-electron chi connectivity index (χ3n) is 2.75. The number of aliphatic imine (C=N–C) groups is 1. The van der Waals surface area contributed by atoms with Gasteiger partial charge in [-0.25, -0.2) is 4.79 Å². The standard InChI is InChI=1S/C12H13Cl2N3O2/c1-19-12(18)17-11-15-5-8(6-16-11)7-2-9(13)4-10(14)3-7/h2-4,8H,5-6H2,1H3,(H2,15,16,17,18). The maximum absolute atomic E-state index is 11.0. The van der Waals surface area contributed by atoms with Gasteiger partial charge in [0.05, 0.1) is 13.7 Å². The summed E-state index contributed by atoms with van der Waals surface area (Å²) in [5.74, 6) is 0.579. The molecule has 0 aromatic heterocycles. The second-order valence-electron chi connectivity index (χ2n) is 4.09. The molecule has 5 nitrogen and oxygen atoms in total. The van der Waals surface area contributed by atoms with Gasteiger partial charge in [0.15, 0.2) is 0 Å². The van der Waals surface area contributed by atoms with Gasteiger partial charge in [-0.05, 0) is 23.8 Å². The van der Waals surface area contributed by atoms with Crippen molar-refractivity contribution in [3.63, 3.8) is 0 Å². The first-order valence-corrected chi connectivity index (χ1v) is 6.43. The summed E-state index contributed by atoms with van der Waals surface area (Å²) in [7, 11) is 1.30. The van der Waals surface area contributed by atoms with Crippen LogP contribution in [-0.4, -0.2) is 32.3 Å². The molecule has 1 aliphatic rings. The van der Waals surface area contributed by atoms with E-state index in [4.69, 9.17) is 23.2 Å². The number of hydrogen-bond donors (Lipinski definition) is 2. The molecule has 1 amide bonds. The number of carbonyl (C=O) groups excluding carboxylic acids is 1. The number of carbonyl (C=O) groups is 1. The van der Waals surface area contributed by atoms with E-state index in [1.54, 1.807) is 6.07 Å². The highest BCUT2D eigenvalue weighted by atomic mass is 35.5. The molecule has 1 aromatic rings. The van der Waals surface area contributed by atoms with Gasteiger partial charge in [-0.2, -0.15) is 0 Å². The molecular formula is C12H13Cl2N3O2. The van der Waals surface area contributed by atoms with Crippen LogP contribution in [-0.2, 0) is 4.74 Å². The van der Waals surface area contributed by atoms with Crippen molar-refractivity contribution in [1.82, 2.24) is 10.6 Å². The average Bonchev–Trinajstić information content (AvgIpc) is 2.38. The van der Waals surface area contributed by atoms with Crippen LogP contribution in [0.3, 0.4) is 0 Å². The Labute approximate surface area is 120 Å². The Kier molecular flexibility index (Phi) is 4.50. The molecule has 0 aliphatic carbocycles. The highest BCUT2D eigenvalue weighted by Gasteiger charge is 2.19. The molecule has 1 atom stereocenters. The van der Waals surface area contributed by atoms with Crippen molar-refractivity contribution in [2.24, 2.45) is 4.99 Å². The first kappa shape index (κ1) is 14.0. The van der Waals surface area contributed by atoms with E-state index in [-0.39, 0.29) is 5.92 Å². The largest absolute Gasteiger partial charge is 0.453 e. The molecule has 2 rings (SSSR count). The van der Waals surface area contributed by atoms with E-state index in [2.05, 4.69) is 20.4 Å². The Morgan fingerprint density at radius 1 is 1.42 bits per heavy atom. The molecule has 2 N–H and O–H groups in total. The number of benzene rings is 1. The smallest absolute Gasteiger partial charge is 0.413 e. The number of halogens is 2. The van der Waals surface area contributed by atoms with E-state index >= 15 is 0 Å². The van der Waals surface area contributed by atoms with Crippen LogP contribution < -0.4 is 10.6 Å². The number of nitrogens with one attached hydrogen (secondary N) is 2. The summed E-state index contributed by atoms with van der Waals surface area (Å²) < 4.78 is 4.49. The fraction of sp³-hybridized carbons (Fsp3) is 0.333. The Morgan fingerprint density at radius 2 is 2.11 bits per heavy atom. The van der Waals surface area contributed by atoms with Crippen LogP contribution in [0, 0.1) is 0 Å². The first-order chi connectivity index (χ1) is 9.08. The molecule has 1 heterocycles. The monoisotopic (exact) mass is 301 g/mol. The highest BCUT2D eigenvalue weighted by Crippen LogP contribution is 2.25. The van der Waals surface area contributed by atoms with Crippen molar-refractivity contribution in [2.75, 3.05) is 20.2 Å². The molecule has 19 heavy (non-hydrogen) atoms. The summed E-state index contributed by atoms with van der Waals surface area (Å²) in [6, 6.07) is 5.43. The Morgan fingerprint density at radius 3 is 2.63 bits per heavy atom. The van der Waals surface area contributed by atoms with Gasteiger partial charge >= 0.3 is 6.09 Å². The maximum Gasteiger partial charge on any atom is 0.413 e. The minimum absolute atomic E-state index is 0.166. The third kappa shape index (κ3) is 3.75. The minimum atomic E-state index is -0.546. The molecule has 0 fully saturated rings. The van der Waals surface area contributed by atoms with Crippen LogP contribution in [0.4, 0.5) is 4.79 Å². The summed E-state index contributed by atoms with van der Waals surface area (Å²) in [5.41, 5.74) is 1.02. The lowest BCUT2D eigenvalue weighted by atomic mass is 9.98. The summed E-state index contributed by atoms with van der Waals surface area (Å²) in [5, 5.41) is 6.72. The zero-order chi connectivity index (χ0) is 13.8. The molecule has 0 bridgehead atoms. The Hall–Kier alpha value is -1.46. The molecule has 0 saturated heterocycles. The second-order valence-corrected chi connectivity index (χ2v) is 4.96. The molecule has 0 radical (unpaired) electrons. The van der Waals surface area contributed by atoms with Crippen molar-refractivity contribution < 1.29 is 9.53 Å². The summed E-state index contributed by atoms with van der Waals surface area (Å²) >= 11 is 11.9. The van der Waals surface area contributed by atoms with Gasteiger partial charge in [0.25, 0.3) is 0 Å². The normalized spacial score (nSPS) is 18.3. The summed E-state index contributed by atoms with van der Waals surface area (Å²) in [6.45, 7) is 1.18. The topological polar surface area (TPSA) is 62.7 Å². The van der Waals surface area contributed by atoms with Crippen molar-refractivity contribution in [2.45, 2.75) is 5.92 Å². The van der Waals surface area contributed by atoms with Crippen molar-refractivity contribution in [1.29, 1.82) is 0 Å². The lowest BCUT2D eigenvalue weighted by Gasteiger charge is -2.23. The number of nitrogens with zero attached hydrogens (tertiary/aromatic N) is 1. The van der Waals surface area contributed by atoms with E-state index < -0.39 is 6.09 Å². The van der Waals surface area contributed by atoms with Gasteiger partial charge in [0, 0.05) is 22.5 Å². The fourth-order valence-electron chi connectivity index (χ4n) is 1.81. The van der Waals surface area contributed by atoms with Crippen LogP contribution in [0.25, 0.3) is 0 Å². The van der Waals surface area contributed by atoms with Gasteiger partial charge in [-0.15, -0.1) is 0 Å². The quantitative estimate of drug-likeness (QED) is 0.837. The molecule has 0 spiro atoms. The first-order valence-electron chi connectivity index (χ1n) is 5.68. The predicted molar refractivity (Wildman–Crippen MR) is 75.0 cm³/mol. The number of amides is 1. The zero-order valence-electron chi connectivity index (χ0n) is 10.2. The van der Waals surface area contributed by atoms with Crippen molar-refractivity contribution in [3.05, 3.63) is 33.8 Å². The molecule has 102 valence electrons. The van der Waals surface area contributed by atoms with Crippen LogP contribution in [0.1, 0.15) is 11.5 Å². The van der Waals surface area contributed by atoms with Crippen molar-refractivity contribution in [3.8, 4) is 0 Å². The second kappa shape index (κ2) is 6.12. The lowest BCUT2D eigenvalue weighted by Crippen LogP contribution is -2.45. The van der Waals surface area contributed by atoms with Gasteiger partial charge < -0.3 is 10.1 Å². The molecule has 0 saturated carbocycles. The maximum atomic E-state index is 11.0. The average molecular weight is 302 g/mol. The lowest BCUT2D eigenvalue weighted by molar-refractivity contribution is 0.176. The number of guanidine groups is 1. The van der Waals surface area contributed by atoms with E-state index in [0.717, 1.165) is 5.56 Å². The summed E-state index contributed by atoms with van der Waals surface area (Å²) in [6.07, 6.45) is -0.546. The third-order valence-corrected chi connectivity index (χ3v) is 3.18. The molecule has 1 aliphatic heterocycles. The van der Waals surface area contributed by atoms with Crippen LogP contribution in [0.5, 0.6) is 0 Å². The van der Waals surface area contributed by atoms with Crippen molar-refractivity contribution >= 4 is 35.3 Å². The molecular weight excluding hydrogens is 289 g/mol. The molecule has 7 heteroatoms. The minimum Gasteiger partial charge on any atom is -0.453 e. The van der Waals surface area contributed by atoms with E-state index in [9.17, 15) is 4.79 Å². The van der Waals surface area contributed by atoms with Gasteiger partial charge in [-0.1, -0.05) is 23.2 Å². The van der Waals surface area contributed by atoms with Crippen LogP contribution in [0.15, 0.2) is 23.2 Å². The number of ether oxygens (including phenoxy) is 1. The van der Waals surface area contributed by atoms with Gasteiger partial charge in [-0.3, -0.25) is 10.3 Å². The number of rotatable bonds is 1.